The molecule has 0 spiro atoms. The topological polar surface area (TPSA) is 35.2 Å². The molecule has 1 fully saturated rings. The van der Waals surface area contributed by atoms with E-state index < -0.39 is 5.43 Å². The molecule has 0 unspecified atom stereocenters. The van der Waals surface area contributed by atoms with E-state index in [4.69, 9.17) is 11.6 Å². The Kier molecular flexibility index (Phi) is 16.9. The predicted octanol–water partition coefficient (Wildman–Crippen LogP) is 0.0463. The van der Waals surface area contributed by atoms with E-state index in [0.29, 0.717) is 6.61 Å². The van der Waals surface area contributed by atoms with Gasteiger partial charge in [-0.15, -0.1) is 11.6 Å². The van der Waals surface area contributed by atoms with Crippen LogP contribution in [0.25, 0.3) is 0 Å². The molecule has 1 heterocycles. The van der Waals surface area contributed by atoms with Gasteiger partial charge in [0.05, 0.1) is 20.2 Å². The van der Waals surface area contributed by atoms with Crippen molar-refractivity contribution >= 4 is 28.6 Å². The fourth-order valence-electron chi connectivity index (χ4n) is 1.75. The van der Waals surface area contributed by atoms with Gasteiger partial charge >= 0.3 is 5.43 Å². The number of ether oxygens (including phenoxy) is 1. The Morgan fingerprint density at radius 1 is 1.17 bits per heavy atom. The molecule has 18 heavy (non-hydrogen) atoms. The summed E-state index contributed by atoms with van der Waals surface area (Å²) in [7, 11) is 2.23. The van der Waals surface area contributed by atoms with Crippen LogP contribution in [0.1, 0.15) is 20.3 Å². The van der Waals surface area contributed by atoms with Crippen LogP contribution in [-0.4, -0.2) is 58.2 Å². The lowest BCUT2D eigenvalue weighted by molar-refractivity contribution is -1.00. The van der Waals surface area contributed by atoms with Crippen LogP contribution >= 0.6 is 23.2 Å². The smallest absolute Gasteiger partial charge is 0.403 e. The van der Waals surface area contributed by atoms with Crippen LogP contribution < -0.4 is 9.80 Å². The fourth-order valence-corrected chi connectivity index (χ4v) is 1.83. The summed E-state index contributed by atoms with van der Waals surface area (Å²) < 4.78 is 4.66. The molecule has 1 aliphatic heterocycles. The third-order valence-corrected chi connectivity index (χ3v) is 2.81. The number of rotatable bonds is 4. The first-order valence-electron chi connectivity index (χ1n) is 6.53. The lowest BCUT2D eigenvalue weighted by Gasteiger charge is -2.27. The van der Waals surface area contributed by atoms with Crippen LogP contribution in [0.2, 0.25) is 0 Å². The Labute approximate surface area is 121 Å². The Hall–Kier alpha value is -0.0300. The van der Waals surface area contributed by atoms with Crippen molar-refractivity contribution in [3.63, 3.8) is 0 Å². The first-order valence-corrected chi connectivity index (χ1v) is 7.67. The van der Waals surface area contributed by atoms with Crippen molar-refractivity contribution in [3.8, 4) is 0 Å². The van der Waals surface area contributed by atoms with Crippen molar-refractivity contribution in [2.75, 3.05) is 52.8 Å². The van der Waals surface area contributed by atoms with Crippen LogP contribution in [-0.2, 0) is 4.74 Å². The average Bonchev–Trinajstić information content (AvgIpc) is 2.41. The molecule has 0 aromatic heterocycles. The van der Waals surface area contributed by atoms with Crippen molar-refractivity contribution in [1.29, 1.82) is 0 Å². The number of halogens is 2. The van der Waals surface area contributed by atoms with Crippen LogP contribution in [0.4, 0.5) is 4.79 Å². The zero-order valence-electron chi connectivity index (χ0n) is 12.0. The van der Waals surface area contributed by atoms with Gasteiger partial charge < -0.3 is 14.5 Å². The van der Waals surface area contributed by atoms with Crippen molar-refractivity contribution in [3.05, 3.63) is 0 Å². The second-order valence-electron chi connectivity index (χ2n) is 3.90. The van der Waals surface area contributed by atoms with E-state index in [1.807, 2.05) is 13.8 Å². The lowest BCUT2D eigenvalue weighted by Crippen LogP contribution is -3.27. The monoisotopic (exact) mass is 302 g/mol. The molecule has 0 radical (unpaired) electrons. The molecule has 110 valence electrons. The predicted molar refractivity (Wildman–Crippen MR) is 77.1 cm³/mol. The zero-order valence-corrected chi connectivity index (χ0v) is 13.5. The van der Waals surface area contributed by atoms with Crippen LogP contribution in [0, 0.1) is 0 Å². The van der Waals surface area contributed by atoms with Crippen molar-refractivity contribution in [2.45, 2.75) is 20.3 Å². The molecule has 0 aromatic carbocycles. The largest absolute Gasteiger partial charge is 0.453 e. The van der Waals surface area contributed by atoms with Crippen LogP contribution in [0.3, 0.4) is 0 Å². The Bertz CT molecular complexity index is 187. The third-order valence-electron chi connectivity index (χ3n) is 2.70. The summed E-state index contributed by atoms with van der Waals surface area (Å²) in [4.78, 5) is 13.5. The van der Waals surface area contributed by atoms with Gasteiger partial charge in [0.2, 0.25) is 0 Å². The van der Waals surface area contributed by atoms with Gasteiger partial charge in [0.25, 0.3) is 0 Å². The number of hydrogen-bond acceptors (Lipinski definition) is 2. The van der Waals surface area contributed by atoms with Crippen molar-refractivity contribution in [2.24, 2.45) is 0 Å². The lowest BCUT2D eigenvalue weighted by atomic mass is 10.3. The molecule has 2 N–H and O–H groups in total. The van der Waals surface area contributed by atoms with Crippen molar-refractivity contribution in [1.82, 2.24) is 0 Å². The van der Waals surface area contributed by atoms with Gasteiger partial charge in [0, 0.05) is 24.4 Å². The second-order valence-corrected chi connectivity index (χ2v) is 4.21. The van der Waals surface area contributed by atoms with Crippen LogP contribution in [0.5, 0.6) is 0 Å². The Morgan fingerprint density at radius 3 is 2.11 bits per heavy atom. The molecular formula is C12H28Cl2N2O2+2. The van der Waals surface area contributed by atoms with Gasteiger partial charge in [-0.1, -0.05) is 13.8 Å². The van der Waals surface area contributed by atoms with E-state index in [9.17, 15) is 4.79 Å². The fraction of sp³-hybridized carbons (Fsp3) is 0.917. The van der Waals surface area contributed by atoms with Gasteiger partial charge in [-0.25, -0.2) is 4.79 Å². The van der Waals surface area contributed by atoms with E-state index >= 15 is 0 Å². The first-order chi connectivity index (χ1) is 8.68. The number of likely N-dealkylation sites (N-methyl/N-ethyl adjacent to an activating group) is 1. The number of quaternary nitrogens is 2. The molecule has 1 aliphatic rings. The number of hydrogen-bond donors (Lipinski definition) is 2. The SMILES string of the molecule is CC.CCl.C[NH+]1CC[NH+](CCCOC(=O)Cl)CC1. The summed E-state index contributed by atoms with van der Waals surface area (Å²) in [6.45, 7) is 10.5. The molecule has 4 nitrogen and oxygen atoms in total. The standard InChI is InChI=1S/C9H17ClN2O2.C2H6.CH3Cl/c1-11-4-6-12(7-5-11)3-2-8-14-9(10)13;2*1-2/h2-8H2,1H3;1-2H3;1H3/p+2. The zero-order chi connectivity index (χ0) is 14.4. The van der Waals surface area contributed by atoms with E-state index in [1.165, 1.54) is 32.6 Å². The summed E-state index contributed by atoms with van der Waals surface area (Å²) in [5.41, 5.74) is -0.692. The number of carbonyl (C=O) groups excluding carboxylic acids is 1. The highest BCUT2D eigenvalue weighted by molar-refractivity contribution is 6.61. The molecule has 0 atom stereocenters. The molecule has 1 rings (SSSR count). The molecular weight excluding hydrogens is 275 g/mol. The van der Waals surface area contributed by atoms with Gasteiger partial charge in [-0.05, 0) is 0 Å². The Morgan fingerprint density at radius 2 is 1.67 bits per heavy atom. The number of piperazine rings is 1. The maximum atomic E-state index is 10.3. The maximum absolute atomic E-state index is 10.3. The van der Waals surface area contributed by atoms with E-state index in [1.54, 1.807) is 9.80 Å². The highest BCUT2D eigenvalue weighted by atomic mass is 35.5. The number of alkyl halides is 1. The molecule has 6 heteroatoms. The molecule has 0 amide bonds. The van der Waals surface area contributed by atoms with Gasteiger partial charge in [-0.2, -0.15) is 0 Å². The van der Waals surface area contributed by atoms with E-state index in [0.717, 1.165) is 13.0 Å². The molecule has 0 aromatic rings. The van der Waals surface area contributed by atoms with E-state index in [-0.39, 0.29) is 0 Å². The first kappa shape index (κ1) is 20.3. The minimum Gasteiger partial charge on any atom is -0.453 e. The molecule has 0 aliphatic carbocycles. The highest BCUT2D eigenvalue weighted by Gasteiger charge is 2.18. The summed E-state index contributed by atoms with van der Waals surface area (Å²) in [5.74, 6) is 0. The van der Waals surface area contributed by atoms with Crippen molar-refractivity contribution < 1.29 is 19.3 Å². The van der Waals surface area contributed by atoms with Gasteiger partial charge in [-0.3, -0.25) is 0 Å². The molecule has 1 saturated heterocycles. The summed E-state index contributed by atoms with van der Waals surface area (Å²) in [5, 5.41) is 0. The average molecular weight is 303 g/mol. The van der Waals surface area contributed by atoms with Crippen LogP contribution in [0.15, 0.2) is 0 Å². The molecule has 0 saturated carbocycles. The number of carbonyl (C=O) groups is 1. The molecule has 0 bridgehead atoms. The van der Waals surface area contributed by atoms with Gasteiger partial charge in [0.15, 0.2) is 0 Å². The Balaban J connectivity index is 0. The third kappa shape index (κ3) is 12.4. The summed E-state index contributed by atoms with van der Waals surface area (Å²) in [6.07, 6.45) is 2.38. The normalized spacial score (nSPS) is 21.9. The van der Waals surface area contributed by atoms with Gasteiger partial charge in [0.1, 0.15) is 26.2 Å². The minimum atomic E-state index is -0.692. The van der Waals surface area contributed by atoms with E-state index in [2.05, 4.69) is 23.4 Å². The minimum absolute atomic E-state index is 0.453. The summed E-state index contributed by atoms with van der Waals surface area (Å²) >= 11 is 9.69. The maximum Gasteiger partial charge on any atom is 0.403 e. The second kappa shape index (κ2) is 15.0. The quantitative estimate of drug-likeness (QED) is 0.437. The highest BCUT2D eigenvalue weighted by Crippen LogP contribution is 1.87. The number of nitrogens with one attached hydrogen (secondary N) is 2. The summed E-state index contributed by atoms with van der Waals surface area (Å²) in [6, 6.07) is 0.